The maximum atomic E-state index is 13.1. The van der Waals surface area contributed by atoms with Crippen LogP contribution in [0.3, 0.4) is 0 Å². The molecule has 3 rings (SSSR count). The van der Waals surface area contributed by atoms with E-state index in [-0.39, 0.29) is 33.5 Å². The second kappa shape index (κ2) is 8.27. The Labute approximate surface area is 180 Å². The molecule has 31 heavy (non-hydrogen) atoms. The number of benzene rings is 2. The average molecular weight is 471 g/mol. The first kappa shape index (κ1) is 22.7. The monoisotopic (exact) mass is 470 g/mol. The third-order valence-electron chi connectivity index (χ3n) is 4.68. The first-order valence-corrected chi connectivity index (χ1v) is 12.1. The van der Waals surface area contributed by atoms with Crippen molar-refractivity contribution < 1.29 is 35.8 Å². The number of hydrogen-bond acceptors (Lipinski definition) is 8. The first-order valence-electron chi connectivity index (χ1n) is 9.03. The Balaban J connectivity index is 2.07. The Morgan fingerprint density at radius 2 is 1.68 bits per heavy atom. The maximum absolute atomic E-state index is 13.1. The summed E-state index contributed by atoms with van der Waals surface area (Å²) in [5.74, 6) is -1.05. The van der Waals surface area contributed by atoms with E-state index in [0.29, 0.717) is 10.1 Å². The highest BCUT2D eigenvalue weighted by Crippen LogP contribution is 2.36. The molecule has 1 saturated heterocycles. The minimum Gasteiger partial charge on any atom is -0.497 e. The van der Waals surface area contributed by atoms with Gasteiger partial charge in [-0.2, -0.15) is 0 Å². The topological polar surface area (TPSA) is 128 Å². The number of methoxy groups -OCH3 is 3. The second-order valence-corrected chi connectivity index (χ2v) is 10.3. The van der Waals surface area contributed by atoms with Crippen molar-refractivity contribution >= 4 is 37.3 Å². The largest absolute Gasteiger partial charge is 0.497 e. The third kappa shape index (κ3) is 4.26. The van der Waals surface area contributed by atoms with Crippen molar-refractivity contribution in [1.82, 2.24) is 0 Å². The maximum Gasteiger partial charge on any atom is 0.265 e. The van der Waals surface area contributed by atoms with Crippen molar-refractivity contribution in [2.45, 2.75) is 11.8 Å². The minimum absolute atomic E-state index is 0.0270. The summed E-state index contributed by atoms with van der Waals surface area (Å²) in [6.45, 7) is 1.50. The molecule has 0 radical (unpaired) electrons. The van der Waals surface area contributed by atoms with Crippen LogP contribution in [0.2, 0.25) is 0 Å². The summed E-state index contributed by atoms with van der Waals surface area (Å²) in [5, 5.41) is 0. The fourth-order valence-corrected chi connectivity index (χ4v) is 6.24. The van der Waals surface area contributed by atoms with Crippen LogP contribution in [-0.2, 0) is 24.8 Å². The van der Waals surface area contributed by atoms with Gasteiger partial charge in [0.2, 0.25) is 15.9 Å². The molecule has 0 spiro atoms. The molecule has 0 aromatic heterocycles. The number of rotatable bonds is 7. The number of nitrogens with zero attached hydrogens (tertiary/aromatic N) is 1. The molecule has 1 fully saturated rings. The average Bonchev–Trinajstić information content (AvgIpc) is 2.94. The summed E-state index contributed by atoms with van der Waals surface area (Å²) >= 11 is 0. The van der Waals surface area contributed by atoms with E-state index in [2.05, 4.69) is 4.72 Å². The zero-order valence-electron chi connectivity index (χ0n) is 17.3. The highest BCUT2D eigenvalue weighted by atomic mass is 32.2. The number of carbonyl (C=O) groups is 1. The molecule has 1 aliphatic rings. The molecule has 1 aliphatic heterocycles. The smallest absolute Gasteiger partial charge is 0.265 e. The van der Waals surface area contributed by atoms with Crippen molar-refractivity contribution in [2.24, 2.45) is 5.92 Å². The number of anilines is 2. The molecule has 12 heteroatoms. The number of hydrogen-bond donors (Lipinski definition) is 1. The van der Waals surface area contributed by atoms with Crippen LogP contribution in [0.15, 0.2) is 41.3 Å². The van der Waals surface area contributed by atoms with Gasteiger partial charge in [-0.05, 0) is 30.3 Å². The van der Waals surface area contributed by atoms with Crippen LogP contribution in [0.1, 0.15) is 6.92 Å². The predicted molar refractivity (Wildman–Crippen MR) is 114 cm³/mol. The molecular weight excluding hydrogens is 448 g/mol. The van der Waals surface area contributed by atoms with Gasteiger partial charge in [0.05, 0.1) is 44.4 Å². The summed E-state index contributed by atoms with van der Waals surface area (Å²) in [6.07, 6.45) is 0. The van der Waals surface area contributed by atoms with Gasteiger partial charge >= 0.3 is 0 Å². The normalized spacial score (nSPS) is 18.0. The van der Waals surface area contributed by atoms with Crippen molar-refractivity contribution in [3.63, 3.8) is 0 Å². The van der Waals surface area contributed by atoms with Crippen molar-refractivity contribution in [3.8, 4) is 17.2 Å². The fourth-order valence-electron chi connectivity index (χ4n) is 3.17. The van der Waals surface area contributed by atoms with Gasteiger partial charge in [0.1, 0.15) is 22.1 Å². The summed E-state index contributed by atoms with van der Waals surface area (Å²) in [5.41, 5.74) is 0.0477. The Morgan fingerprint density at radius 1 is 1.00 bits per heavy atom. The quantitative estimate of drug-likeness (QED) is 0.649. The van der Waals surface area contributed by atoms with E-state index in [9.17, 15) is 21.6 Å². The molecule has 1 atom stereocenters. The number of ether oxygens (including phenoxy) is 3. The number of amides is 1. The van der Waals surface area contributed by atoms with Crippen molar-refractivity contribution in [2.75, 3.05) is 36.1 Å². The lowest BCUT2D eigenvalue weighted by molar-refractivity contribution is -0.119. The van der Waals surface area contributed by atoms with Crippen LogP contribution in [-0.4, -0.2) is 49.8 Å². The fraction of sp³-hybridized carbons (Fsp3) is 0.316. The highest BCUT2D eigenvalue weighted by molar-refractivity contribution is 7.94. The van der Waals surface area contributed by atoms with E-state index in [1.807, 2.05) is 0 Å². The number of carbonyl (C=O) groups excluding carboxylic acids is 1. The Kier molecular flexibility index (Phi) is 6.05. The van der Waals surface area contributed by atoms with Crippen LogP contribution in [0, 0.1) is 5.92 Å². The van der Waals surface area contributed by atoms with Gasteiger partial charge in [-0.15, -0.1) is 0 Å². The van der Waals surface area contributed by atoms with Gasteiger partial charge < -0.3 is 14.2 Å². The van der Waals surface area contributed by atoms with Crippen LogP contribution in [0.4, 0.5) is 11.4 Å². The van der Waals surface area contributed by atoms with E-state index in [4.69, 9.17) is 14.2 Å². The molecule has 0 bridgehead atoms. The number of sulfonamides is 2. The standard InChI is InChI=1S/C19H22N2O8S2/c1-12-11-30(23,24)21(19(12)22)13-5-8-16(28-3)18(9-13)31(25,26)20-15-7-6-14(27-2)10-17(15)29-4/h5-10,12,20H,11H2,1-4H3. The summed E-state index contributed by atoms with van der Waals surface area (Å²) in [4.78, 5) is 12.1. The lowest BCUT2D eigenvalue weighted by Crippen LogP contribution is -2.30. The molecule has 0 saturated carbocycles. The van der Waals surface area contributed by atoms with E-state index < -0.39 is 31.9 Å². The van der Waals surface area contributed by atoms with Crippen LogP contribution < -0.4 is 23.2 Å². The molecule has 0 aliphatic carbocycles. The van der Waals surface area contributed by atoms with Crippen molar-refractivity contribution in [3.05, 3.63) is 36.4 Å². The molecule has 1 amide bonds. The molecule has 10 nitrogen and oxygen atoms in total. The molecule has 1 N–H and O–H groups in total. The Morgan fingerprint density at radius 3 is 2.23 bits per heavy atom. The molecule has 1 heterocycles. The second-order valence-electron chi connectivity index (χ2n) is 6.79. The molecular formula is C19H22N2O8S2. The van der Waals surface area contributed by atoms with Gasteiger partial charge in [0.15, 0.2) is 0 Å². The first-order chi connectivity index (χ1) is 14.5. The predicted octanol–water partition coefficient (Wildman–Crippen LogP) is 1.83. The number of nitrogens with one attached hydrogen (secondary N) is 1. The summed E-state index contributed by atoms with van der Waals surface area (Å²) < 4.78 is 69.6. The molecule has 2 aromatic carbocycles. The van der Waals surface area contributed by atoms with E-state index in [0.717, 1.165) is 6.07 Å². The van der Waals surface area contributed by atoms with Crippen molar-refractivity contribution in [1.29, 1.82) is 0 Å². The summed E-state index contributed by atoms with van der Waals surface area (Å²) in [7, 11) is -4.05. The Hall–Kier alpha value is -2.99. The molecule has 1 unspecified atom stereocenters. The minimum atomic E-state index is -4.26. The van der Waals surface area contributed by atoms with Gasteiger partial charge in [0, 0.05) is 6.07 Å². The zero-order valence-corrected chi connectivity index (χ0v) is 18.9. The van der Waals surface area contributed by atoms with E-state index in [1.54, 1.807) is 6.07 Å². The summed E-state index contributed by atoms with van der Waals surface area (Å²) in [6, 6.07) is 8.21. The molecule has 2 aromatic rings. The van der Waals surface area contributed by atoms with E-state index in [1.165, 1.54) is 52.5 Å². The highest BCUT2D eigenvalue weighted by Gasteiger charge is 2.42. The third-order valence-corrected chi connectivity index (χ3v) is 7.94. The van der Waals surface area contributed by atoms with Gasteiger partial charge in [-0.25, -0.2) is 21.1 Å². The van der Waals surface area contributed by atoms with Gasteiger partial charge in [0.25, 0.3) is 10.0 Å². The van der Waals surface area contributed by atoms with E-state index >= 15 is 0 Å². The lowest BCUT2D eigenvalue weighted by atomic mass is 10.2. The van der Waals surface area contributed by atoms with Gasteiger partial charge in [-0.1, -0.05) is 6.92 Å². The lowest BCUT2D eigenvalue weighted by Gasteiger charge is -2.19. The van der Waals surface area contributed by atoms with Crippen LogP contribution >= 0.6 is 0 Å². The van der Waals surface area contributed by atoms with Gasteiger partial charge in [-0.3, -0.25) is 9.52 Å². The van der Waals surface area contributed by atoms with Crippen LogP contribution in [0.5, 0.6) is 17.2 Å². The Bertz CT molecular complexity index is 1230. The zero-order chi connectivity index (χ0) is 23.0. The van der Waals surface area contributed by atoms with Crippen LogP contribution in [0.25, 0.3) is 0 Å². The SMILES string of the molecule is COc1ccc(NS(=O)(=O)c2cc(N3C(=O)C(C)CS3(=O)=O)ccc2OC)c(OC)c1. The molecule has 168 valence electrons.